The third-order valence-electron chi connectivity index (χ3n) is 3.97. The Labute approximate surface area is 170 Å². The van der Waals surface area contributed by atoms with E-state index in [4.69, 9.17) is 9.47 Å². The lowest BCUT2D eigenvalue weighted by Crippen LogP contribution is -2.32. The van der Waals surface area contributed by atoms with Gasteiger partial charge in [0.1, 0.15) is 6.61 Å². The van der Waals surface area contributed by atoms with E-state index in [0.29, 0.717) is 35.3 Å². The Morgan fingerprint density at radius 1 is 1.10 bits per heavy atom. The van der Waals surface area contributed by atoms with Crippen LogP contribution in [-0.2, 0) is 9.59 Å². The van der Waals surface area contributed by atoms with Crippen molar-refractivity contribution in [2.24, 2.45) is 5.10 Å². The Balaban J connectivity index is 1.92. The minimum absolute atomic E-state index is 0.356. The smallest absolute Gasteiger partial charge is 0.329 e. The minimum Gasteiger partial charge on any atom is -0.493 e. The molecule has 2 aromatic rings. The number of anilines is 1. The van der Waals surface area contributed by atoms with E-state index in [0.717, 1.165) is 5.56 Å². The largest absolute Gasteiger partial charge is 0.493 e. The van der Waals surface area contributed by atoms with E-state index in [2.05, 4.69) is 36.3 Å². The number of ether oxygens (including phenoxy) is 2. The molecule has 0 spiro atoms. The lowest BCUT2D eigenvalue weighted by molar-refractivity contribution is -0.136. The highest BCUT2D eigenvalue weighted by Gasteiger charge is 2.13. The van der Waals surface area contributed by atoms with Gasteiger partial charge >= 0.3 is 11.8 Å². The molecule has 2 N–H and O–H groups in total. The van der Waals surface area contributed by atoms with Crippen molar-refractivity contribution in [3.63, 3.8) is 0 Å². The number of benzene rings is 2. The number of carbonyl (C=O) groups is 2. The molecule has 7 heteroatoms. The first-order chi connectivity index (χ1) is 13.9. The average Bonchev–Trinajstić information content (AvgIpc) is 2.72. The Hall–Kier alpha value is -3.61. The fraction of sp³-hybridized carbons (Fsp3) is 0.227. The fourth-order valence-corrected chi connectivity index (χ4v) is 2.39. The van der Waals surface area contributed by atoms with Gasteiger partial charge in [-0.2, -0.15) is 5.10 Å². The standard InChI is InChI=1S/C22H25N3O4/c1-5-12-29-19-11-6-16(13-20(19)28-4)14-23-25-22(27)21(26)24-18-9-7-17(8-10-18)15(2)3/h5-11,13-15H,1,12H2,2-4H3,(H,24,26)(H,25,27)/b23-14-. The van der Waals surface area contributed by atoms with Crippen LogP contribution in [0.15, 0.2) is 60.2 Å². The number of nitrogens with one attached hydrogen (secondary N) is 2. The van der Waals surface area contributed by atoms with Crippen LogP contribution in [0.25, 0.3) is 0 Å². The predicted octanol–water partition coefficient (Wildman–Crippen LogP) is 3.47. The molecular weight excluding hydrogens is 370 g/mol. The first-order valence-corrected chi connectivity index (χ1v) is 9.10. The van der Waals surface area contributed by atoms with Gasteiger partial charge in [-0.25, -0.2) is 5.43 Å². The third kappa shape index (κ3) is 6.49. The zero-order chi connectivity index (χ0) is 21.2. The molecule has 0 radical (unpaired) electrons. The van der Waals surface area contributed by atoms with Crippen LogP contribution in [-0.4, -0.2) is 31.7 Å². The van der Waals surface area contributed by atoms with Gasteiger partial charge in [-0.05, 0) is 47.4 Å². The number of rotatable bonds is 8. The molecule has 0 aliphatic carbocycles. The van der Waals surface area contributed by atoms with Gasteiger partial charge in [-0.15, -0.1) is 0 Å². The van der Waals surface area contributed by atoms with Crippen molar-refractivity contribution in [3.05, 3.63) is 66.2 Å². The van der Waals surface area contributed by atoms with Crippen LogP contribution in [0.1, 0.15) is 30.9 Å². The second-order valence-electron chi connectivity index (χ2n) is 6.44. The molecule has 29 heavy (non-hydrogen) atoms. The van der Waals surface area contributed by atoms with Crippen molar-refractivity contribution < 1.29 is 19.1 Å². The first-order valence-electron chi connectivity index (χ1n) is 9.10. The van der Waals surface area contributed by atoms with Crippen LogP contribution in [0, 0.1) is 0 Å². The van der Waals surface area contributed by atoms with Crippen LogP contribution in [0.2, 0.25) is 0 Å². The molecule has 0 aliphatic rings. The van der Waals surface area contributed by atoms with E-state index >= 15 is 0 Å². The third-order valence-corrected chi connectivity index (χ3v) is 3.97. The Bertz CT molecular complexity index is 889. The van der Waals surface area contributed by atoms with Crippen LogP contribution in [0.5, 0.6) is 11.5 Å². The zero-order valence-corrected chi connectivity index (χ0v) is 16.8. The van der Waals surface area contributed by atoms with E-state index in [1.54, 1.807) is 36.4 Å². The summed E-state index contributed by atoms with van der Waals surface area (Å²) in [4.78, 5) is 23.9. The molecular formula is C22H25N3O4. The van der Waals surface area contributed by atoms with Gasteiger partial charge in [-0.3, -0.25) is 9.59 Å². The maximum Gasteiger partial charge on any atom is 0.329 e. The maximum atomic E-state index is 12.0. The second-order valence-corrected chi connectivity index (χ2v) is 6.44. The highest BCUT2D eigenvalue weighted by molar-refractivity contribution is 6.39. The summed E-state index contributed by atoms with van der Waals surface area (Å²) < 4.78 is 10.7. The maximum absolute atomic E-state index is 12.0. The lowest BCUT2D eigenvalue weighted by atomic mass is 10.0. The van der Waals surface area contributed by atoms with Gasteiger partial charge in [0.15, 0.2) is 11.5 Å². The van der Waals surface area contributed by atoms with E-state index in [1.807, 2.05) is 12.1 Å². The van der Waals surface area contributed by atoms with Crippen molar-refractivity contribution in [3.8, 4) is 11.5 Å². The number of hydrazone groups is 1. The Morgan fingerprint density at radius 3 is 2.45 bits per heavy atom. The van der Waals surface area contributed by atoms with E-state index in [-0.39, 0.29) is 0 Å². The summed E-state index contributed by atoms with van der Waals surface area (Å²) in [5.41, 5.74) is 4.55. The molecule has 2 amide bonds. The molecule has 0 aromatic heterocycles. The molecule has 152 valence electrons. The molecule has 2 aromatic carbocycles. The van der Waals surface area contributed by atoms with Gasteiger partial charge in [0.25, 0.3) is 0 Å². The predicted molar refractivity (Wildman–Crippen MR) is 114 cm³/mol. The topological polar surface area (TPSA) is 89.0 Å². The van der Waals surface area contributed by atoms with Gasteiger partial charge in [0.2, 0.25) is 0 Å². The summed E-state index contributed by atoms with van der Waals surface area (Å²) >= 11 is 0. The molecule has 0 saturated carbocycles. The average molecular weight is 395 g/mol. The van der Waals surface area contributed by atoms with Crippen LogP contribution < -0.4 is 20.2 Å². The highest BCUT2D eigenvalue weighted by Crippen LogP contribution is 2.27. The summed E-state index contributed by atoms with van der Waals surface area (Å²) in [6, 6.07) is 12.5. The van der Waals surface area contributed by atoms with Crippen molar-refractivity contribution in [1.82, 2.24) is 5.43 Å². The second kappa shape index (κ2) is 10.7. The summed E-state index contributed by atoms with van der Waals surface area (Å²) in [5, 5.41) is 6.34. The molecule has 7 nitrogen and oxygen atoms in total. The number of amides is 2. The Morgan fingerprint density at radius 2 is 1.83 bits per heavy atom. The summed E-state index contributed by atoms with van der Waals surface area (Å²) in [5.74, 6) is -0.197. The number of nitrogens with zero attached hydrogens (tertiary/aromatic N) is 1. The van der Waals surface area contributed by atoms with Gasteiger partial charge in [0.05, 0.1) is 13.3 Å². The summed E-state index contributed by atoms with van der Waals surface area (Å²) in [6.45, 7) is 8.11. The number of hydrogen-bond donors (Lipinski definition) is 2. The monoisotopic (exact) mass is 395 g/mol. The Kier molecular flexibility index (Phi) is 7.97. The van der Waals surface area contributed by atoms with Crippen molar-refractivity contribution in [1.29, 1.82) is 0 Å². The number of carbonyl (C=O) groups excluding carboxylic acids is 2. The minimum atomic E-state index is -0.868. The zero-order valence-electron chi connectivity index (χ0n) is 16.8. The molecule has 0 aliphatic heterocycles. The molecule has 0 unspecified atom stereocenters. The van der Waals surface area contributed by atoms with E-state index in [1.165, 1.54) is 13.3 Å². The quantitative estimate of drug-likeness (QED) is 0.310. The van der Waals surface area contributed by atoms with Crippen LogP contribution >= 0.6 is 0 Å². The van der Waals surface area contributed by atoms with Crippen LogP contribution in [0.3, 0.4) is 0 Å². The fourth-order valence-electron chi connectivity index (χ4n) is 2.39. The molecule has 0 bridgehead atoms. The first kappa shape index (κ1) is 21.7. The molecule has 0 atom stereocenters. The molecule has 0 saturated heterocycles. The van der Waals surface area contributed by atoms with Crippen molar-refractivity contribution >= 4 is 23.7 Å². The summed E-state index contributed by atoms with van der Waals surface area (Å²) in [6.07, 6.45) is 3.04. The SMILES string of the molecule is C=CCOc1ccc(/C=N\NC(=O)C(=O)Nc2ccc(C(C)C)cc2)cc1OC. The highest BCUT2D eigenvalue weighted by atomic mass is 16.5. The van der Waals surface area contributed by atoms with Gasteiger partial charge in [0, 0.05) is 5.69 Å². The van der Waals surface area contributed by atoms with Gasteiger partial charge in [-0.1, -0.05) is 38.6 Å². The molecule has 0 fully saturated rings. The normalized spacial score (nSPS) is 10.6. The van der Waals surface area contributed by atoms with E-state index < -0.39 is 11.8 Å². The number of hydrogen-bond acceptors (Lipinski definition) is 5. The summed E-state index contributed by atoms with van der Waals surface area (Å²) in [7, 11) is 1.52. The molecule has 2 rings (SSSR count). The molecule has 0 heterocycles. The van der Waals surface area contributed by atoms with Gasteiger partial charge < -0.3 is 14.8 Å². The van der Waals surface area contributed by atoms with Crippen molar-refractivity contribution in [2.45, 2.75) is 19.8 Å². The van der Waals surface area contributed by atoms with Crippen molar-refractivity contribution in [2.75, 3.05) is 19.0 Å². The van der Waals surface area contributed by atoms with E-state index in [9.17, 15) is 9.59 Å². The lowest BCUT2D eigenvalue weighted by Gasteiger charge is -2.09. The van der Waals surface area contributed by atoms with Crippen LogP contribution in [0.4, 0.5) is 5.69 Å². The number of methoxy groups -OCH3 is 1.